The third-order valence-corrected chi connectivity index (χ3v) is 10.5. The van der Waals surface area contributed by atoms with Gasteiger partial charge in [-0.25, -0.2) is 28.4 Å². The lowest BCUT2D eigenvalue weighted by molar-refractivity contribution is -0.138. The summed E-state index contributed by atoms with van der Waals surface area (Å²) in [6.45, 7) is 10.3. The number of hydroxylamine groups is 1. The molecule has 15 heteroatoms. The number of nitrogens with one attached hydrogen (secondary N) is 3. The Labute approximate surface area is 307 Å². The second-order valence-electron chi connectivity index (χ2n) is 12.8. The van der Waals surface area contributed by atoms with Gasteiger partial charge in [-0.2, -0.15) is 0 Å². The molecule has 1 fully saturated rings. The van der Waals surface area contributed by atoms with E-state index >= 15 is 0 Å². The highest BCUT2D eigenvalue weighted by Gasteiger charge is 2.49. The van der Waals surface area contributed by atoms with Crippen molar-refractivity contribution in [3.05, 3.63) is 118 Å². The maximum atomic E-state index is 14.5. The van der Waals surface area contributed by atoms with E-state index in [9.17, 15) is 22.8 Å². The SMILES string of the molecule is C=CC(C)(C)OC(=O)Nc1cccc(CONC(=O)[C@@H]2c3ccccc3C(=O)N([C@H]3CCCC[C@@H]3NS(=O)(=O)C=C)[C@H]2c2ccc(Cl)cc2Cl)n1. The van der Waals surface area contributed by atoms with Gasteiger partial charge in [0.1, 0.15) is 18.0 Å². The molecule has 270 valence electrons. The number of halogens is 2. The van der Waals surface area contributed by atoms with E-state index in [0.717, 1.165) is 18.2 Å². The Bertz CT molecular complexity index is 1940. The fourth-order valence-corrected chi connectivity index (χ4v) is 7.71. The number of rotatable bonds is 12. The Balaban J connectivity index is 1.46. The zero-order chi connectivity index (χ0) is 36.9. The molecule has 0 saturated heterocycles. The summed E-state index contributed by atoms with van der Waals surface area (Å²) in [7, 11) is -3.86. The first kappa shape index (κ1) is 38.0. The monoisotopic (exact) mass is 755 g/mol. The number of nitrogens with zero attached hydrogens (tertiary/aromatic N) is 2. The minimum atomic E-state index is -3.86. The number of sulfonamides is 1. The normalized spacial score (nSPS) is 20.5. The molecule has 3 N–H and O–H groups in total. The second kappa shape index (κ2) is 16.0. The number of hydrogen-bond donors (Lipinski definition) is 3. The summed E-state index contributed by atoms with van der Waals surface area (Å²) >= 11 is 13.1. The Morgan fingerprint density at radius 2 is 1.78 bits per heavy atom. The number of aromatic nitrogens is 1. The van der Waals surface area contributed by atoms with Crippen LogP contribution in [-0.2, 0) is 31.0 Å². The lowest BCUT2D eigenvalue weighted by Gasteiger charge is -2.49. The molecule has 0 spiro atoms. The van der Waals surface area contributed by atoms with Gasteiger partial charge in [0, 0.05) is 33.1 Å². The molecule has 3 amide bonds. The molecule has 1 aliphatic carbocycles. The summed E-state index contributed by atoms with van der Waals surface area (Å²) in [5, 5.41) is 3.98. The predicted octanol–water partition coefficient (Wildman–Crippen LogP) is 6.80. The minimum absolute atomic E-state index is 0.175. The minimum Gasteiger partial charge on any atom is -0.439 e. The number of carbonyl (C=O) groups is 3. The summed E-state index contributed by atoms with van der Waals surface area (Å²) in [6, 6.07) is 14.2. The maximum Gasteiger partial charge on any atom is 0.413 e. The second-order valence-corrected chi connectivity index (χ2v) is 15.3. The molecule has 1 saturated carbocycles. The summed E-state index contributed by atoms with van der Waals surface area (Å²) in [4.78, 5) is 52.7. The van der Waals surface area contributed by atoms with Crippen LogP contribution in [-0.4, -0.2) is 53.9 Å². The van der Waals surface area contributed by atoms with Crippen molar-refractivity contribution < 1.29 is 32.4 Å². The van der Waals surface area contributed by atoms with Crippen LogP contribution in [0.25, 0.3) is 0 Å². The van der Waals surface area contributed by atoms with Crippen LogP contribution < -0.4 is 15.5 Å². The quantitative estimate of drug-likeness (QED) is 0.135. The standard InChI is InChI=1S/C36H39Cl2N5O7S/c1-5-36(3,4)50-35(46)40-30-17-11-12-23(39-30)21-49-41-33(44)31-24-13-7-8-14-25(24)34(45)43(32(31)26-19-18-22(37)20-27(26)38)29-16-10-9-15-28(29)42-51(47,48)6-2/h5-8,11-14,17-20,28-29,31-32,42H,1-2,9-10,15-16,21H2,3-4H3,(H,41,44)(H,39,40,46)/t28-,29-,31+,32-/m0/s1. The molecule has 2 aromatic carbocycles. The molecular formula is C36H39Cl2N5O7S. The number of benzene rings is 2. The van der Waals surface area contributed by atoms with Crippen molar-refractivity contribution in [1.82, 2.24) is 20.1 Å². The smallest absolute Gasteiger partial charge is 0.413 e. The van der Waals surface area contributed by atoms with Crippen molar-refractivity contribution in [2.75, 3.05) is 5.32 Å². The predicted molar refractivity (Wildman–Crippen MR) is 194 cm³/mol. The van der Waals surface area contributed by atoms with Crippen LogP contribution in [0.1, 0.15) is 78.7 Å². The molecule has 1 aliphatic heterocycles. The van der Waals surface area contributed by atoms with Gasteiger partial charge < -0.3 is 9.64 Å². The van der Waals surface area contributed by atoms with Gasteiger partial charge >= 0.3 is 6.09 Å². The lowest BCUT2D eigenvalue weighted by Crippen LogP contribution is -2.59. The number of anilines is 1. The van der Waals surface area contributed by atoms with Crippen molar-refractivity contribution in [1.29, 1.82) is 0 Å². The molecule has 0 unspecified atom stereocenters. The van der Waals surface area contributed by atoms with Gasteiger partial charge in [-0.15, -0.1) is 0 Å². The molecule has 4 atom stereocenters. The van der Waals surface area contributed by atoms with E-state index in [4.69, 9.17) is 32.8 Å². The highest BCUT2D eigenvalue weighted by atomic mass is 35.5. The topological polar surface area (TPSA) is 156 Å². The number of carbonyl (C=O) groups excluding carboxylic acids is 3. The van der Waals surface area contributed by atoms with E-state index < -0.39 is 51.7 Å². The van der Waals surface area contributed by atoms with E-state index in [2.05, 4.69) is 33.7 Å². The van der Waals surface area contributed by atoms with Crippen molar-refractivity contribution in [3.8, 4) is 0 Å². The average Bonchev–Trinajstić information content (AvgIpc) is 3.08. The summed E-state index contributed by atoms with van der Waals surface area (Å²) < 4.78 is 33.4. The molecule has 12 nitrogen and oxygen atoms in total. The zero-order valence-electron chi connectivity index (χ0n) is 28.1. The van der Waals surface area contributed by atoms with Gasteiger partial charge in [0.05, 0.1) is 17.7 Å². The largest absolute Gasteiger partial charge is 0.439 e. The molecule has 51 heavy (non-hydrogen) atoms. The van der Waals surface area contributed by atoms with Gasteiger partial charge in [0.25, 0.3) is 11.8 Å². The Hall–Kier alpha value is -4.27. The first-order chi connectivity index (χ1) is 24.2. The average molecular weight is 757 g/mol. The van der Waals surface area contributed by atoms with E-state index in [1.54, 1.807) is 73.3 Å². The Kier molecular flexibility index (Phi) is 11.9. The zero-order valence-corrected chi connectivity index (χ0v) is 30.4. The Morgan fingerprint density at radius 3 is 2.51 bits per heavy atom. The molecule has 5 rings (SSSR count). The van der Waals surface area contributed by atoms with Crippen molar-refractivity contribution in [2.24, 2.45) is 0 Å². The molecule has 0 bridgehead atoms. The van der Waals surface area contributed by atoms with E-state index in [1.807, 2.05) is 0 Å². The lowest BCUT2D eigenvalue weighted by atomic mass is 9.76. The first-order valence-electron chi connectivity index (χ1n) is 16.3. The van der Waals surface area contributed by atoms with Crippen LogP contribution in [0.4, 0.5) is 10.6 Å². The van der Waals surface area contributed by atoms with Crippen LogP contribution >= 0.6 is 23.2 Å². The van der Waals surface area contributed by atoms with Crippen molar-refractivity contribution in [3.63, 3.8) is 0 Å². The highest BCUT2D eigenvalue weighted by molar-refractivity contribution is 7.92. The molecule has 0 radical (unpaired) electrons. The van der Waals surface area contributed by atoms with Crippen molar-refractivity contribution in [2.45, 2.75) is 75.8 Å². The molecule has 3 aromatic rings. The highest BCUT2D eigenvalue weighted by Crippen LogP contribution is 2.48. The summed E-state index contributed by atoms with van der Waals surface area (Å²) in [5.74, 6) is -1.79. The van der Waals surface area contributed by atoms with Crippen LogP contribution in [0, 0.1) is 0 Å². The number of hydrogen-bond acceptors (Lipinski definition) is 8. The fourth-order valence-electron chi connectivity index (χ4n) is 6.40. The molecule has 2 aliphatic rings. The third kappa shape index (κ3) is 8.97. The maximum absolute atomic E-state index is 14.5. The number of pyridine rings is 1. The summed E-state index contributed by atoms with van der Waals surface area (Å²) in [5.41, 5.74) is 3.22. The molecule has 1 aromatic heterocycles. The van der Waals surface area contributed by atoms with E-state index in [-0.39, 0.29) is 23.4 Å². The Morgan fingerprint density at radius 1 is 1.04 bits per heavy atom. The van der Waals surface area contributed by atoms with Crippen LogP contribution in [0.2, 0.25) is 10.0 Å². The summed E-state index contributed by atoms with van der Waals surface area (Å²) in [6.07, 6.45) is 3.18. The van der Waals surface area contributed by atoms with Gasteiger partial charge in [-0.1, -0.05) is 79.5 Å². The first-order valence-corrected chi connectivity index (χ1v) is 18.6. The van der Waals surface area contributed by atoms with Crippen molar-refractivity contribution >= 4 is 57.0 Å². The number of amides is 3. The molecule has 2 heterocycles. The molecular weight excluding hydrogens is 717 g/mol. The van der Waals surface area contributed by atoms with Gasteiger partial charge in [-0.05, 0) is 74.2 Å². The number of fused-ring (bicyclic) bond motifs is 1. The van der Waals surface area contributed by atoms with Crippen LogP contribution in [0.5, 0.6) is 0 Å². The number of ether oxygens (including phenoxy) is 1. The third-order valence-electron chi connectivity index (χ3n) is 8.84. The van der Waals surface area contributed by atoms with E-state index in [1.165, 1.54) is 12.1 Å². The van der Waals surface area contributed by atoms with Gasteiger partial charge in [0.2, 0.25) is 10.0 Å². The van der Waals surface area contributed by atoms with Gasteiger partial charge in [-0.3, -0.25) is 19.7 Å². The van der Waals surface area contributed by atoms with Crippen LogP contribution in [0.15, 0.2) is 85.3 Å². The fraction of sp³-hybridized carbons (Fsp3) is 0.333. The van der Waals surface area contributed by atoms with Crippen LogP contribution in [0.3, 0.4) is 0 Å². The van der Waals surface area contributed by atoms with Gasteiger partial charge in [0.15, 0.2) is 0 Å². The van der Waals surface area contributed by atoms with E-state index in [0.29, 0.717) is 40.2 Å².